The van der Waals surface area contributed by atoms with E-state index in [-0.39, 0.29) is 5.78 Å². The van der Waals surface area contributed by atoms with Crippen LogP contribution in [0, 0.1) is 5.92 Å². The van der Waals surface area contributed by atoms with Crippen LogP contribution in [0.3, 0.4) is 0 Å². The molecule has 0 amide bonds. The van der Waals surface area contributed by atoms with E-state index in [1.54, 1.807) is 7.11 Å². The quantitative estimate of drug-likeness (QED) is 0.205. The van der Waals surface area contributed by atoms with Crippen molar-refractivity contribution in [3.05, 3.63) is 53.6 Å². The number of carbonyl (C=O) groups is 1. The van der Waals surface area contributed by atoms with Crippen LogP contribution in [0.2, 0.25) is 0 Å². The fourth-order valence-electron chi connectivity index (χ4n) is 3.84. The summed E-state index contributed by atoms with van der Waals surface area (Å²) in [4.78, 5) is 13.3. The van der Waals surface area contributed by atoms with Gasteiger partial charge in [0, 0.05) is 11.1 Å². The standard InChI is InChI=1S/C25H37NO2/c1-4-5-6-7-8-9-10-20(2)19-24(21-15-17-26-18-16-21)25(27)22-11-13-23(28-3)14-12-22/h11-14,19,21,26H,2,4-10,15-18H2,1,3H3. The average molecular weight is 384 g/mol. The van der Waals surface area contributed by atoms with Gasteiger partial charge in [0.25, 0.3) is 0 Å². The number of ether oxygens (including phenoxy) is 1. The zero-order valence-corrected chi connectivity index (χ0v) is 17.8. The Bertz CT molecular complexity index is 639. The minimum atomic E-state index is 0.138. The van der Waals surface area contributed by atoms with Crippen molar-refractivity contribution >= 4 is 5.78 Å². The van der Waals surface area contributed by atoms with Gasteiger partial charge in [-0.05, 0) is 69.0 Å². The number of carbonyl (C=O) groups excluding carboxylic acids is 1. The Balaban J connectivity index is 2.04. The lowest BCUT2D eigenvalue weighted by atomic mass is 9.84. The SMILES string of the molecule is C=C(C=C(C(=O)c1ccc(OC)cc1)C1CCNCC1)CCCCCCCC. The molecule has 3 heteroatoms. The number of allylic oxidation sites excluding steroid dienone is 3. The molecule has 1 fully saturated rings. The number of rotatable bonds is 12. The van der Waals surface area contributed by atoms with Gasteiger partial charge in [0.1, 0.15) is 5.75 Å². The molecule has 1 N–H and O–H groups in total. The largest absolute Gasteiger partial charge is 0.497 e. The highest BCUT2D eigenvalue weighted by Gasteiger charge is 2.24. The molecular weight excluding hydrogens is 346 g/mol. The van der Waals surface area contributed by atoms with Gasteiger partial charge in [-0.15, -0.1) is 0 Å². The second kappa shape index (κ2) is 12.6. The van der Waals surface area contributed by atoms with E-state index in [9.17, 15) is 4.79 Å². The summed E-state index contributed by atoms with van der Waals surface area (Å²) in [6, 6.07) is 7.45. The molecule has 28 heavy (non-hydrogen) atoms. The van der Waals surface area contributed by atoms with Crippen molar-refractivity contribution in [1.29, 1.82) is 0 Å². The van der Waals surface area contributed by atoms with Crippen LogP contribution in [0.5, 0.6) is 5.75 Å². The molecule has 1 heterocycles. The molecule has 0 spiro atoms. The maximum absolute atomic E-state index is 13.3. The highest BCUT2D eigenvalue weighted by Crippen LogP contribution is 2.27. The van der Waals surface area contributed by atoms with Gasteiger partial charge in [-0.2, -0.15) is 0 Å². The van der Waals surface area contributed by atoms with E-state index in [1.165, 1.54) is 32.1 Å². The van der Waals surface area contributed by atoms with Crippen molar-refractivity contribution in [3.63, 3.8) is 0 Å². The lowest BCUT2D eigenvalue weighted by Gasteiger charge is -2.25. The van der Waals surface area contributed by atoms with Crippen LogP contribution < -0.4 is 10.1 Å². The lowest BCUT2D eigenvalue weighted by molar-refractivity contribution is 0.101. The number of unbranched alkanes of at least 4 members (excludes halogenated alkanes) is 5. The molecule has 0 saturated carbocycles. The fraction of sp³-hybridized carbons (Fsp3) is 0.560. The van der Waals surface area contributed by atoms with Gasteiger partial charge in [-0.25, -0.2) is 0 Å². The van der Waals surface area contributed by atoms with Gasteiger partial charge in [0.15, 0.2) is 5.78 Å². The molecule has 0 bridgehead atoms. The minimum absolute atomic E-state index is 0.138. The Kier molecular flexibility index (Phi) is 10.1. The topological polar surface area (TPSA) is 38.3 Å². The Morgan fingerprint density at radius 2 is 1.75 bits per heavy atom. The Hall–Kier alpha value is -1.87. The predicted octanol–water partition coefficient (Wildman–Crippen LogP) is 6.11. The van der Waals surface area contributed by atoms with Gasteiger partial charge in [-0.1, -0.05) is 57.3 Å². The number of hydrogen-bond donors (Lipinski definition) is 1. The normalized spacial score (nSPS) is 15.4. The number of hydrogen-bond acceptors (Lipinski definition) is 3. The van der Waals surface area contributed by atoms with Crippen molar-refractivity contribution in [2.45, 2.75) is 64.7 Å². The molecule has 0 unspecified atom stereocenters. The average Bonchev–Trinajstić information content (AvgIpc) is 2.74. The van der Waals surface area contributed by atoms with Crippen molar-refractivity contribution in [1.82, 2.24) is 5.32 Å². The Morgan fingerprint density at radius 1 is 1.11 bits per heavy atom. The van der Waals surface area contributed by atoms with Crippen LogP contribution in [0.4, 0.5) is 0 Å². The molecule has 0 atom stereocenters. The molecule has 154 valence electrons. The van der Waals surface area contributed by atoms with Gasteiger partial charge >= 0.3 is 0 Å². The van der Waals surface area contributed by atoms with E-state index in [0.29, 0.717) is 5.92 Å². The molecule has 1 aromatic carbocycles. The molecule has 1 saturated heterocycles. The first-order chi connectivity index (χ1) is 13.7. The van der Waals surface area contributed by atoms with Crippen LogP contribution in [-0.2, 0) is 0 Å². The maximum atomic E-state index is 13.3. The highest BCUT2D eigenvalue weighted by molar-refractivity contribution is 6.09. The summed E-state index contributed by atoms with van der Waals surface area (Å²) in [5, 5.41) is 3.40. The monoisotopic (exact) mass is 383 g/mol. The van der Waals surface area contributed by atoms with Crippen molar-refractivity contribution in [2.24, 2.45) is 5.92 Å². The van der Waals surface area contributed by atoms with Crippen LogP contribution in [-0.4, -0.2) is 26.0 Å². The zero-order valence-electron chi connectivity index (χ0n) is 17.8. The number of Topliss-reactive ketones (excluding diaryl/α,β-unsaturated/α-hetero) is 1. The molecule has 1 aromatic rings. The number of ketones is 1. The molecule has 1 aliphatic heterocycles. The highest BCUT2D eigenvalue weighted by atomic mass is 16.5. The second-order valence-corrected chi connectivity index (χ2v) is 7.86. The molecule has 0 aliphatic carbocycles. The summed E-state index contributed by atoms with van der Waals surface area (Å²) in [7, 11) is 1.64. The third-order valence-corrected chi connectivity index (χ3v) is 5.60. The summed E-state index contributed by atoms with van der Waals surface area (Å²) < 4.78 is 5.22. The second-order valence-electron chi connectivity index (χ2n) is 7.86. The number of benzene rings is 1. The summed E-state index contributed by atoms with van der Waals surface area (Å²) in [5.41, 5.74) is 2.76. The summed E-state index contributed by atoms with van der Waals surface area (Å²) >= 11 is 0. The van der Waals surface area contributed by atoms with E-state index in [2.05, 4.69) is 24.9 Å². The molecule has 2 rings (SSSR count). The van der Waals surface area contributed by atoms with Crippen LogP contribution in [0.15, 0.2) is 48.1 Å². The minimum Gasteiger partial charge on any atom is -0.497 e. The van der Waals surface area contributed by atoms with E-state index in [4.69, 9.17) is 4.74 Å². The first-order valence-electron chi connectivity index (χ1n) is 10.9. The number of piperidine rings is 1. The van der Waals surface area contributed by atoms with Gasteiger partial charge in [0.2, 0.25) is 0 Å². The summed E-state index contributed by atoms with van der Waals surface area (Å²) in [6.45, 7) is 8.46. The fourth-order valence-corrected chi connectivity index (χ4v) is 3.84. The third-order valence-electron chi connectivity index (χ3n) is 5.60. The smallest absolute Gasteiger partial charge is 0.189 e. The molecule has 1 aliphatic rings. The maximum Gasteiger partial charge on any atom is 0.189 e. The predicted molar refractivity (Wildman–Crippen MR) is 118 cm³/mol. The van der Waals surface area contributed by atoms with E-state index in [0.717, 1.165) is 61.2 Å². The molecular formula is C25H37NO2. The first kappa shape index (κ1) is 22.4. The Morgan fingerprint density at radius 3 is 2.39 bits per heavy atom. The number of methoxy groups -OCH3 is 1. The molecule has 0 aromatic heterocycles. The first-order valence-corrected chi connectivity index (χ1v) is 10.9. The van der Waals surface area contributed by atoms with Gasteiger partial charge in [-0.3, -0.25) is 4.79 Å². The van der Waals surface area contributed by atoms with Gasteiger partial charge in [0.05, 0.1) is 7.11 Å². The third kappa shape index (κ3) is 7.27. The summed E-state index contributed by atoms with van der Waals surface area (Å²) in [6.07, 6.45) is 12.8. The van der Waals surface area contributed by atoms with Gasteiger partial charge < -0.3 is 10.1 Å². The molecule has 3 nitrogen and oxygen atoms in total. The van der Waals surface area contributed by atoms with E-state index < -0.39 is 0 Å². The number of nitrogens with one attached hydrogen (secondary N) is 1. The van der Waals surface area contributed by atoms with Crippen molar-refractivity contribution in [2.75, 3.05) is 20.2 Å². The van der Waals surface area contributed by atoms with E-state index >= 15 is 0 Å². The van der Waals surface area contributed by atoms with Crippen molar-refractivity contribution < 1.29 is 9.53 Å². The van der Waals surface area contributed by atoms with Crippen LogP contribution >= 0.6 is 0 Å². The summed E-state index contributed by atoms with van der Waals surface area (Å²) in [5.74, 6) is 1.23. The van der Waals surface area contributed by atoms with Crippen LogP contribution in [0.25, 0.3) is 0 Å². The lowest BCUT2D eigenvalue weighted by Crippen LogP contribution is -2.30. The zero-order chi connectivity index (χ0) is 20.2. The molecule has 0 radical (unpaired) electrons. The van der Waals surface area contributed by atoms with Crippen LogP contribution in [0.1, 0.15) is 75.1 Å². The van der Waals surface area contributed by atoms with Crippen molar-refractivity contribution in [3.8, 4) is 5.75 Å². The van der Waals surface area contributed by atoms with E-state index in [1.807, 2.05) is 24.3 Å². The Labute approximate surface area is 171 Å².